The molecule has 0 aromatic heterocycles. The van der Waals surface area contributed by atoms with Crippen molar-refractivity contribution < 1.29 is 19.1 Å². The summed E-state index contributed by atoms with van der Waals surface area (Å²) in [4.78, 5) is 23.6. The minimum Gasteiger partial charge on any atom is -0.496 e. The van der Waals surface area contributed by atoms with Crippen LogP contribution in [0.2, 0.25) is 0 Å². The molecule has 2 rings (SSSR count). The molecule has 2 amide bonds. The molecule has 26 heavy (non-hydrogen) atoms. The second kappa shape index (κ2) is 9.46. The van der Waals surface area contributed by atoms with Crippen molar-refractivity contribution in [1.29, 1.82) is 0 Å². The Morgan fingerprint density at radius 3 is 2.42 bits per heavy atom. The number of hydrogen-bond donors (Lipinski definition) is 2. The summed E-state index contributed by atoms with van der Waals surface area (Å²) >= 11 is 0. The van der Waals surface area contributed by atoms with Gasteiger partial charge in [0.2, 0.25) is 5.91 Å². The van der Waals surface area contributed by atoms with Gasteiger partial charge in [-0.1, -0.05) is 24.3 Å². The van der Waals surface area contributed by atoms with Crippen LogP contribution in [-0.2, 0) is 16.0 Å². The molecule has 0 aliphatic rings. The Morgan fingerprint density at radius 1 is 0.962 bits per heavy atom. The van der Waals surface area contributed by atoms with Crippen molar-refractivity contribution >= 4 is 11.8 Å². The zero-order valence-corrected chi connectivity index (χ0v) is 15.3. The van der Waals surface area contributed by atoms with Gasteiger partial charge in [-0.25, -0.2) is 0 Å². The maximum absolute atomic E-state index is 11.9. The Morgan fingerprint density at radius 2 is 1.69 bits per heavy atom. The molecular formula is C20H24N2O4. The number of benzene rings is 2. The molecule has 0 atom stereocenters. The Bertz CT molecular complexity index is 774. The number of methoxy groups -OCH3 is 1. The Balaban J connectivity index is 1.71. The van der Waals surface area contributed by atoms with Crippen molar-refractivity contribution in [3.63, 3.8) is 0 Å². The first-order chi connectivity index (χ1) is 12.5. The monoisotopic (exact) mass is 356 g/mol. The van der Waals surface area contributed by atoms with E-state index in [-0.39, 0.29) is 18.9 Å². The van der Waals surface area contributed by atoms with E-state index in [2.05, 4.69) is 10.9 Å². The number of carbonyl (C=O) groups is 2. The van der Waals surface area contributed by atoms with Gasteiger partial charge in [0.1, 0.15) is 11.5 Å². The summed E-state index contributed by atoms with van der Waals surface area (Å²) in [6.45, 7) is 3.81. The van der Waals surface area contributed by atoms with Gasteiger partial charge in [-0.05, 0) is 55.2 Å². The third-order valence-electron chi connectivity index (χ3n) is 4.00. The third kappa shape index (κ3) is 5.81. The number of carbonyl (C=O) groups excluding carboxylic acids is 2. The number of ether oxygens (including phenoxy) is 2. The van der Waals surface area contributed by atoms with Crippen molar-refractivity contribution in [2.24, 2.45) is 0 Å². The molecule has 0 aliphatic heterocycles. The van der Waals surface area contributed by atoms with Crippen LogP contribution in [0.25, 0.3) is 0 Å². The number of amides is 2. The zero-order valence-electron chi connectivity index (χ0n) is 15.3. The highest BCUT2D eigenvalue weighted by atomic mass is 16.5. The first-order valence-corrected chi connectivity index (χ1v) is 8.39. The van der Waals surface area contributed by atoms with E-state index in [0.29, 0.717) is 12.2 Å². The van der Waals surface area contributed by atoms with Crippen molar-refractivity contribution in [2.45, 2.75) is 26.7 Å². The highest BCUT2D eigenvalue weighted by molar-refractivity contribution is 5.82. The molecule has 0 saturated heterocycles. The average molecular weight is 356 g/mol. The van der Waals surface area contributed by atoms with Gasteiger partial charge in [-0.2, -0.15) is 0 Å². The van der Waals surface area contributed by atoms with Gasteiger partial charge in [-0.15, -0.1) is 0 Å². The van der Waals surface area contributed by atoms with E-state index >= 15 is 0 Å². The molecule has 0 bridgehead atoms. The smallest absolute Gasteiger partial charge is 0.276 e. The molecule has 6 heteroatoms. The molecule has 0 aliphatic carbocycles. The van der Waals surface area contributed by atoms with Crippen molar-refractivity contribution in [2.75, 3.05) is 13.7 Å². The Hall–Kier alpha value is -3.02. The Labute approximate surface area is 153 Å². The average Bonchev–Trinajstić information content (AvgIpc) is 2.65. The van der Waals surface area contributed by atoms with E-state index in [1.54, 1.807) is 13.2 Å². The summed E-state index contributed by atoms with van der Waals surface area (Å²) < 4.78 is 10.7. The molecule has 0 heterocycles. The fourth-order valence-corrected chi connectivity index (χ4v) is 2.35. The standard InChI is InChI=1S/C20H24N2O4/c1-14-8-10-17(12-15(14)2)26-13-20(24)22-21-19(23)11-9-16-6-4-5-7-18(16)25-3/h4-8,10,12H,9,11,13H2,1-3H3,(H,21,23)(H,22,24). The molecule has 0 radical (unpaired) electrons. The molecular weight excluding hydrogens is 332 g/mol. The van der Waals surface area contributed by atoms with Gasteiger partial charge >= 0.3 is 0 Å². The molecule has 2 N–H and O–H groups in total. The lowest BCUT2D eigenvalue weighted by atomic mass is 10.1. The summed E-state index contributed by atoms with van der Waals surface area (Å²) in [5.74, 6) is 0.654. The minimum absolute atomic E-state index is 0.171. The lowest BCUT2D eigenvalue weighted by Crippen LogP contribution is -2.43. The van der Waals surface area contributed by atoms with Gasteiger partial charge in [-0.3, -0.25) is 20.4 Å². The van der Waals surface area contributed by atoms with Crippen LogP contribution in [0.1, 0.15) is 23.1 Å². The fraction of sp³-hybridized carbons (Fsp3) is 0.300. The number of para-hydroxylation sites is 1. The third-order valence-corrected chi connectivity index (χ3v) is 4.00. The predicted molar refractivity (Wildman–Crippen MR) is 99.0 cm³/mol. The number of nitrogens with one attached hydrogen (secondary N) is 2. The maximum atomic E-state index is 11.9. The van der Waals surface area contributed by atoms with Crippen LogP contribution >= 0.6 is 0 Å². The number of hydrazine groups is 1. The first-order valence-electron chi connectivity index (χ1n) is 8.39. The molecule has 0 spiro atoms. The largest absolute Gasteiger partial charge is 0.496 e. The summed E-state index contributed by atoms with van der Waals surface area (Å²) in [5.41, 5.74) is 7.92. The van der Waals surface area contributed by atoms with E-state index in [4.69, 9.17) is 9.47 Å². The van der Waals surface area contributed by atoms with Crippen LogP contribution in [0.15, 0.2) is 42.5 Å². The highest BCUT2D eigenvalue weighted by Gasteiger charge is 2.08. The minimum atomic E-state index is -0.422. The van der Waals surface area contributed by atoms with Gasteiger partial charge in [0.25, 0.3) is 5.91 Å². The van der Waals surface area contributed by atoms with Crippen LogP contribution in [0.3, 0.4) is 0 Å². The maximum Gasteiger partial charge on any atom is 0.276 e. The first kappa shape index (κ1) is 19.3. The lowest BCUT2D eigenvalue weighted by molar-refractivity contribution is -0.130. The van der Waals surface area contributed by atoms with Crippen LogP contribution in [0, 0.1) is 13.8 Å². The summed E-state index contributed by atoms with van der Waals surface area (Å²) in [7, 11) is 1.59. The molecule has 0 unspecified atom stereocenters. The fourth-order valence-electron chi connectivity index (χ4n) is 2.35. The van der Waals surface area contributed by atoms with Crippen molar-refractivity contribution in [1.82, 2.24) is 10.9 Å². The van der Waals surface area contributed by atoms with Gasteiger partial charge in [0.15, 0.2) is 6.61 Å². The van der Waals surface area contributed by atoms with Crippen molar-refractivity contribution in [3.8, 4) is 11.5 Å². The number of rotatable bonds is 7. The van der Waals surface area contributed by atoms with E-state index in [1.165, 1.54) is 0 Å². The summed E-state index contributed by atoms with van der Waals surface area (Å²) in [6.07, 6.45) is 0.753. The van der Waals surface area contributed by atoms with Crippen LogP contribution < -0.4 is 20.3 Å². The molecule has 138 valence electrons. The van der Waals surface area contributed by atoms with Gasteiger partial charge in [0.05, 0.1) is 7.11 Å². The predicted octanol–water partition coefficient (Wildman–Crippen LogP) is 2.47. The molecule has 6 nitrogen and oxygen atoms in total. The number of aryl methyl sites for hydroxylation is 3. The normalized spacial score (nSPS) is 10.1. The molecule has 0 saturated carbocycles. The Kier molecular flexibility index (Phi) is 7.02. The highest BCUT2D eigenvalue weighted by Crippen LogP contribution is 2.18. The van der Waals surface area contributed by atoms with Crippen LogP contribution in [0.5, 0.6) is 11.5 Å². The van der Waals surface area contributed by atoms with E-state index in [9.17, 15) is 9.59 Å². The van der Waals surface area contributed by atoms with E-state index in [1.807, 2.05) is 50.2 Å². The topological polar surface area (TPSA) is 76.7 Å². The molecule has 2 aromatic rings. The van der Waals surface area contributed by atoms with Gasteiger partial charge in [0, 0.05) is 6.42 Å². The lowest BCUT2D eigenvalue weighted by Gasteiger charge is -2.10. The second-order valence-corrected chi connectivity index (χ2v) is 5.94. The number of hydrogen-bond acceptors (Lipinski definition) is 4. The van der Waals surface area contributed by atoms with Gasteiger partial charge < -0.3 is 9.47 Å². The quantitative estimate of drug-likeness (QED) is 0.747. The second-order valence-electron chi connectivity index (χ2n) is 5.94. The SMILES string of the molecule is COc1ccccc1CCC(=O)NNC(=O)COc1ccc(C)c(C)c1. The van der Waals surface area contributed by atoms with Crippen LogP contribution in [0.4, 0.5) is 0 Å². The summed E-state index contributed by atoms with van der Waals surface area (Å²) in [6, 6.07) is 13.1. The van der Waals surface area contributed by atoms with Crippen LogP contribution in [-0.4, -0.2) is 25.5 Å². The molecule has 2 aromatic carbocycles. The zero-order chi connectivity index (χ0) is 18.9. The summed E-state index contributed by atoms with van der Waals surface area (Å²) in [5, 5.41) is 0. The van der Waals surface area contributed by atoms with E-state index in [0.717, 1.165) is 22.4 Å². The van der Waals surface area contributed by atoms with Crippen molar-refractivity contribution in [3.05, 3.63) is 59.2 Å². The molecule has 0 fully saturated rings. The van der Waals surface area contributed by atoms with E-state index < -0.39 is 5.91 Å².